The fourth-order valence-electron chi connectivity index (χ4n) is 3.16. The number of pyridine rings is 1. The fraction of sp³-hybridized carbons (Fsp3) is 0.158. The van der Waals surface area contributed by atoms with Gasteiger partial charge in [-0.1, -0.05) is 48.0 Å². The maximum Gasteiger partial charge on any atom is 0.333 e. The highest BCUT2D eigenvalue weighted by atomic mass is 35.5. The van der Waals surface area contributed by atoms with Crippen LogP contribution in [0.25, 0.3) is 6.08 Å². The van der Waals surface area contributed by atoms with Crippen molar-refractivity contribution in [2.24, 2.45) is 0 Å². The second kappa shape index (κ2) is 6.33. The Labute approximate surface area is 149 Å². The number of nitrogens with zero attached hydrogens (tertiary/aromatic N) is 2. The van der Waals surface area contributed by atoms with Gasteiger partial charge in [0.25, 0.3) is 0 Å². The lowest BCUT2D eigenvalue weighted by atomic mass is 10.0. The number of hydrogen-bond donors (Lipinski definition) is 0. The number of benzene rings is 1. The standard InChI is InChI=1S/C19H14ClFN2O2/c20-19-16(21)7-12(9-22-19)10-23(14-8-18(24)25-11-14)17-6-5-13-3-1-2-4-15(13)17/h1-9,17H,10-11H2. The average molecular weight is 357 g/mol. The monoisotopic (exact) mass is 356 g/mol. The van der Waals surface area contributed by atoms with Gasteiger partial charge in [0.1, 0.15) is 6.61 Å². The van der Waals surface area contributed by atoms with Gasteiger partial charge in [-0.25, -0.2) is 14.2 Å². The van der Waals surface area contributed by atoms with Crippen molar-refractivity contribution in [1.29, 1.82) is 0 Å². The molecule has 2 heterocycles. The van der Waals surface area contributed by atoms with E-state index in [-0.39, 0.29) is 23.8 Å². The fourth-order valence-corrected chi connectivity index (χ4v) is 3.26. The molecule has 6 heteroatoms. The highest BCUT2D eigenvalue weighted by Gasteiger charge is 2.29. The number of esters is 1. The number of carbonyl (C=O) groups excluding carboxylic acids is 1. The maximum absolute atomic E-state index is 13.8. The van der Waals surface area contributed by atoms with Crippen LogP contribution in [0.5, 0.6) is 0 Å². The summed E-state index contributed by atoms with van der Waals surface area (Å²) in [4.78, 5) is 17.4. The van der Waals surface area contributed by atoms with Crippen LogP contribution in [0, 0.1) is 5.82 Å². The molecule has 1 aliphatic heterocycles. The molecule has 0 spiro atoms. The Bertz CT molecular complexity index is 910. The van der Waals surface area contributed by atoms with E-state index in [1.807, 2.05) is 35.2 Å². The largest absolute Gasteiger partial charge is 0.456 e. The van der Waals surface area contributed by atoms with Gasteiger partial charge in [-0.3, -0.25) is 0 Å². The molecule has 0 N–H and O–H groups in total. The molecule has 4 nitrogen and oxygen atoms in total. The number of ether oxygens (including phenoxy) is 1. The van der Waals surface area contributed by atoms with Crippen molar-refractivity contribution < 1.29 is 13.9 Å². The minimum Gasteiger partial charge on any atom is -0.456 e. The molecule has 2 aromatic rings. The number of fused-ring (bicyclic) bond motifs is 1. The Morgan fingerprint density at radius 1 is 1.36 bits per heavy atom. The number of cyclic esters (lactones) is 1. The van der Waals surface area contributed by atoms with E-state index in [2.05, 4.69) is 11.1 Å². The number of aromatic nitrogens is 1. The smallest absolute Gasteiger partial charge is 0.333 e. The summed E-state index contributed by atoms with van der Waals surface area (Å²) in [6.45, 7) is 0.585. The van der Waals surface area contributed by atoms with Gasteiger partial charge in [-0.15, -0.1) is 0 Å². The van der Waals surface area contributed by atoms with Crippen molar-refractivity contribution in [3.05, 3.63) is 82.0 Å². The first-order valence-corrected chi connectivity index (χ1v) is 8.20. The zero-order chi connectivity index (χ0) is 17.4. The zero-order valence-corrected chi connectivity index (χ0v) is 13.9. The third-order valence-corrected chi connectivity index (χ3v) is 4.61. The molecule has 0 fully saturated rings. The molecule has 0 saturated carbocycles. The predicted molar refractivity (Wildman–Crippen MR) is 92.0 cm³/mol. The van der Waals surface area contributed by atoms with Crippen molar-refractivity contribution in [2.75, 3.05) is 6.61 Å². The van der Waals surface area contributed by atoms with Crippen molar-refractivity contribution >= 4 is 23.6 Å². The number of rotatable bonds is 4. The molecule has 25 heavy (non-hydrogen) atoms. The quantitative estimate of drug-likeness (QED) is 0.616. The van der Waals surface area contributed by atoms with Crippen molar-refractivity contribution in [3.8, 4) is 0 Å². The molecule has 126 valence electrons. The number of hydrogen-bond acceptors (Lipinski definition) is 4. The van der Waals surface area contributed by atoms with E-state index >= 15 is 0 Å². The van der Waals surface area contributed by atoms with E-state index in [1.165, 1.54) is 12.1 Å². The summed E-state index contributed by atoms with van der Waals surface area (Å²) in [5.74, 6) is -0.926. The molecule has 4 rings (SSSR count). The molecule has 1 atom stereocenters. The van der Waals surface area contributed by atoms with E-state index in [1.54, 1.807) is 6.20 Å². The number of halogens is 2. The summed E-state index contributed by atoms with van der Waals surface area (Å²) in [6, 6.07) is 9.35. The molecule has 0 amide bonds. The topological polar surface area (TPSA) is 42.4 Å². The molecule has 1 unspecified atom stereocenters. The van der Waals surface area contributed by atoms with Crippen molar-refractivity contribution in [3.63, 3.8) is 0 Å². The molecule has 0 bridgehead atoms. The minimum absolute atomic E-state index is 0.0595. The maximum atomic E-state index is 13.8. The van der Waals surface area contributed by atoms with E-state index < -0.39 is 5.82 Å². The summed E-state index contributed by atoms with van der Waals surface area (Å²) in [7, 11) is 0. The van der Waals surface area contributed by atoms with E-state index in [0.717, 1.165) is 16.8 Å². The second-order valence-corrected chi connectivity index (χ2v) is 6.28. The Balaban J connectivity index is 1.70. The Morgan fingerprint density at radius 2 is 2.20 bits per heavy atom. The highest BCUT2D eigenvalue weighted by molar-refractivity contribution is 6.29. The van der Waals surface area contributed by atoms with Gasteiger partial charge in [-0.2, -0.15) is 0 Å². The first-order chi connectivity index (χ1) is 12.1. The van der Waals surface area contributed by atoms with E-state index in [0.29, 0.717) is 12.1 Å². The Kier molecular flexibility index (Phi) is 4.01. The second-order valence-electron chi connectivity index (χ2n) is 5.92. The SMILES string of the molecule is O=C1C=C(N(Cc2cnc(Cl)c(F)c2)C2C=Cc3ccccc32)CO1. The molecule has 0 saturated heterocycles. The van der Waals surface area contributed by atoms with E-state index in [9.17, 15) is 9.18 Å². The summed E-state index contributed by atoms with van der Waals surface area (Å²) in [5, 5.41) is -0.153. The van der Waals surface area contributed by atoms with Gasteiger partial charge < -0.3 is 9.64 Å². The normalized spacial score (nSPS) is 18.1. The van der Waals surface area contributed by atoms with E-state index in [4.69, 9.17) is 16.3 Å². The molecule has 2 aliphatic rings. The van der Waals surface area contributed by atoms with Crippen LogP contribution in [0.2, 0.25) is 5.15 Å². The van der Waals surface area contributed by atoms with Crippen LogP contribution < -0.4 is 0 Å². The summed E-state index contributed by atoms with van der Waals surface area (Å²) in [6.07, 6.45) is 7.13. The first kappa shape index (κ1) is 15.8. The minimum atomic E-state index is -0.561. The van der Waals surface area contributed by atoms with Gasteiger partial charge in [0, 0.05) is 18.8 Å². The van der Waals surface area contributed by atoms with Crippen LogP contribution in [-0.4, -0.2) is 22.5 Å². The van der Waals surface area contributed by atoms with Crippen LogP contribution >= 0.6 is 11.6 Å². The summed E-state index contributed by atoms with van der Waals surface area (Å²) < 4.78 is 18.8. The van der Waals surface area contributed by atoms with Crippen molar-refractivity contribution in [1.82, 2.24) is 9.88 Å². The van der Waals surface area contributed by atoms with Gasteiger partial charge in [-0.05, 0) is 22.8 Å². The van der Waals surface area contributed by atoms with Crippen LogP contribution in [0.4, 0.5) is 4.39 Å². The lowest BCUT2D eigenvalue weighted by molar-refractivity contribution is -0.135. The molecule has 1 aromatic carbocycles. The van der Waals surface area contributed by atoms with Crippen LogP contribution in [0.15, 0.2) is 54.4 Å². The third kappa shape index (κ3) is 3.03. The highest BCUT2D eigenvalue weighted by Crippen LogP contribution is 2.36. The zero-order valence-electron chi connectivity index (χ0n) is 13.2. The molecule has 1 aromatic heterocycles. The predicted octanol–water partition coefficient (Wildman–Crippen LogP) is 3.88. The van der Waals surface area contributed by atoms with Crippen LogP contribution in [0.3, 0.4) is 0 Å². The summed E-state index contributed by atoms with van der Waals surface area (Å²) >= 11 is 5.67. The van der Waals surface area contributed by atoms with Crippen LogP contribution in [-0.2, 0) is 16.1 Å². The Hall–Kier alpha value is -2.66. The number of carbonyl (C=O) groups is 1. The lowest BCUT2D eigenvalue weighted by Crippen LogP contribution is -2.27. The third-order valence-electron chi connectivity index (χ3n) is 4.33. The average Bonchev–Trinajstić information content (AvgIpc) is 3.22. The molecule has 1 aliphatic carbocycles. The van der Waals surface area contributed by atoms with Crippen molar-refractivity contribution in [2.45, 2.75) is 12.6 Å². The Morgan fingerprint density at radius 3 is 2.96 bits per heavy atom. The molecular formula is C19H14ClFN2O2. The van der Waals surface area contributed by atoms with Gasteiger partial charge >= 0.3 is 5.97 Å². The van der Waals surface area contributed by atoms with Crippen LogP contribution in [0.1, 0.15) is 22.7 Å². The van der Waals surface area contributed by atoms with Gasteiger partial charge in [0.15, 0.2) is 11.0 Å². The molecule has 0 radical (unpaired) electrons. The lowest BCUT2D eigenvalue weighted by Gasteiger charge is -2.31. The van der Waals surface area contributed by atoms with Gasteiger partial charge in [0.2, 0.25) is 0 Å². The molecular weight excluding hydrogens is 343 g/mol. The van der Waals surface area contributed by atoms with Gasteiger partial charge in [0.05, 0.1) is 11.7 Å². The first-order valence-electron chi connectivity index (χ1n) is 7.83. The summed E-state index contributed by atoms with van der Waals surface area (Å²) in [5.41, 5.74) is 3.68.